The minimum atomic E-state index is 0.854. The molecule has 0 bridgehead atoms. The molecule has 1 aromatic carbocycles. The van der Waals surface area contributed by atoms with Gasteiger partial charge in [0.05, 0.1) is 0 Å². The second kappa shape index (κ2) is 6.75. The van der Waals surface area contributed by atoms with E-state index in [4.69, 9.17) is 0 Å². The van der Waals surface area contributed by atoms with E-state index in [1.54, 1.807) is 11.8 Å². The molecular weight excluding hydrogens is 266 g/mol. The van der Waals surface area contributed by atoms with E-state index in [0.29, 0.717) is 0 Å². The highest BCUT2D eigenvalue weighted by Gasteiger charge is 2.10. The number of anilines is 1. The Balaban J connectivity index is 2.23. The Hall–Kier alpha value is -1.55. The van der Waals surface area contributed by atoms with Gasteiger partial charge < -0.3 is 5.32 Å². The van der Waals surface area contributed by atoms with Crippen molar-refractivity contribution in [1.82, 2.24) is 9.97 Å². The molecule has 106 valence electrons. The van der Waals surface area contributed by atoms with Crippen molar-refractivity contribution in [3.05, 3.63) is 46.8 Å². The van der Waals surface area contributed by atoms with Gasteiger partial charge in [-0.2, -0.15) is 0 Å². The van der Waals surface area contributed by atoms with Gasteiger partial charge in [-0.1, -0.05) is 31.2 Å². The number of benzene rings is 1. The number of nitrogens with one attached hydrogen (secondary N) is 1. The van der Waals surface area contributed by atoms with Crippen LogP contribution < -0.4 is 5.32 Å². The van der Waals surface area contributed by atoms with Crippen LogP contribution in [-0.4, -0.2) is 17.0 Å². The molecule has 0 aliphatic heterocycles. The molecule has 0 unspecified atom stereocenters. The fraction of sp³-hybridized carbons (Fsp3) is 0.375. The van der Waals surface area contributed by atoms with Crippen molar-refractivity contribution in [3.63, 3.8) is 0 Å². The van der Waals surface area contributed by atoms with Crippen molar-refractivity contribution >= 4 is 17.6 Å². The molecule has 2 aromatic rings. The lowest BCUT2D eigenvalue weighted by Crippen LogP contribution is -2.04. The molecule has 0 radical (unpaired) electrons. The van der Waals surface area contributed by atoms with Crippen LogP contribution in [0.5, 0.6) is 0 Å². The third kappa shape index (κ3) is 3.31. The summed E-state index contributed by atoms with van der Waals surface area (Å²) in [5.41, 5.74) is 3.82. The van der Waals surface area contributed by atoms with E-state index in [1.807, 2.05) is 7.05 Å². The molecule has 0 amide bonds. The fourth-order valence-corrected chi connectivity index (χ4v) is 3.10. The van der Waals surface area contributed by atoms with Crippen LogP contribution in [0.3, 0.4) is 0 Å². The maximum atomic E-state index is 4.66. The monoisotopic (exact) mass is 287 g/mol. The van der Waals surface area contributed by atoms with Crippen LogP contribution in [0.1, 0.15) is 29.4 Å². The second-order valence-corrected chi connectivity index (χ2v) is 5.70. The van der Waals surface area contributed by atoms with Crippen LogP contribution in [0.2, 0.25) is 0 Å². The van der Waals surface area contributed by atoms with E-state index in [-0.39, 0.29) is 0 Å². The van der Waals surface area contributed by atoms with Gasteiger partial charge >= 0.3 is 0 Å². The van der Waals surface area contributed by atoms with Gasteiger partial charge in [-0.15, -0.1) is 11.8 Å². The second-order valence-electron chi connectivity index (χ2n) is 4.74. The number of hydrogen-bond acceptors (Lipinski definition) is 4. The van der Waals surface area contributed by atoms with E-state index in [1.165, 1.54) is 11.1 Å². The average Bonchev–Trinajstić information content (AvgIpc) is 2.47. The van der Waals surface area contributed by atoms with Gasteiger partial charge in [-0.3, -0.25) is 0 Å². The summed E-state index contributed by atoms with van der Waals surface area (Å²) in [4.78, 5) is 9.16. The normalized spacial score (nSPS) is 10.6. The van der Waals surface area contributed by atoms with Gasteiger partial charge in [0.25, 0.3) is 0 Å². The maximum Gasteiger partial charge on any atom is 0.133 e. The summed E-state index contributed by atoms with van der Waals surface area (Å²) in [6.45, 7) is 6.31. The first kappa shape index (κ1) is 14.9. The van der Waals surface area contributed by atoms with Crippen LogP contribution in [0, 0.1) is 13.8 Å². The molecule has 0 saturated carbocycles. The van der Waals surface area contributed by atoms with Crippen LogP contribution in [0.25, 0.3) is 0 Å². The third-order valence-electron chi connectivity index (χ3n) is 3.33. The minimum Gasteiger partial charge on any atom is -0.373 e. The quantitative estimate of drug-likeness (QED) is 0.666. The Bertz CT molecular complexity index is 596. The zero-order valence-corrected chi connectivity index (χ0v) is 13.3. The standard InChI is InChI=1S/C16H21N3S/c1-5-14-18-15(17-4)12(3)16(19-14)20-10-13-9-7-6-8-11(13)2/h6-9H,5,10H2,1-4H3,(H,17,18,19). The first-order valence-electron chi connectivity index (χ1n) is 6.88. The van der Waals surface area contributed by atoms with E-state index < -0.39 is 0 Å². The van der Waals surface area contributed by atoms with Crippen molar-refractivity contribution in [3.8, 4) is 0 Å². The lowest BCUT2D eigenvalue weighted by molar-refractivity contribution is 0.874. The summed E-state index contributed by atoms with van der Waals surface area (Å²) in [6.07, 6.45) is 0.854. The van der Waals surface area contributed by atoms with E-state index in [0.717, 1.165) is 34.4 Å². The Morgan fingerprint density at radius 2 is 1.90 bits per heavy atom. The van der Waals surface area contributed by atoms with Crippen LogP contribution in [0.4, 0.5) is 5.82 Å². The zero-order chi connectivity index (χ0) is 14.5. The molecule has 3 nitrogen and oxygen atoms in total. The predicted octanol–water partition coefficient (Wildman–Crippen LogP) is 3.99. The number of rotatable bonds is 5. The topological polar surface area (TPSA) is 37.8 Å². The van der Waals surface area contributed by atoms with Gasteiger partial charge in [0, 0.05) is 24.8 Å². The summed E-state index contributed by atoms with van der Waals surface area (Å²) in [5, 5.41) is 4.23. The molecule has 4 heteroatoms. The molecule has 0 atom stereocenters. The highest BCUT2D eigenvalue weighted by molar-refractivity contribution is 7.98. The molecule has 2 rings (SSSR count). The smallest absolute Gasteiger partial charge is 0.133 e. The molecule has 1 aromatic heterocycles. The Morgan fingerprint density at radius 3 is 2.55 bits per heavy atom. The summed E-state index contributed by atoms with van der Waals surface area (Å²) in [6, 6.07) is 8.50. The van der Waals surface area contributed by atoms with E-state index in [2.05, 4.69) is 60.3 Å². The summed E-state index contributed by atoms with van der Waals surface area (Å²) in [7, 11) is 1.91. The third-order valence-corrected chi connectivity index (χ3v) is 4.45. The molecule has 1 N–H and O–H groups in total. The molecule has 0 aliphatic carbocycles. The Morgan fingerprint density at radius 1 is 1.15 bits per heavy atom. The molecule has 0 aliphatic rings. The Kier molecular flexibility index (Phi) is 5.01. The van der Waals surface area contributed by atoms with Gasteiger partial charge in [0.15, 0.2) is 0 Å². The highest BCUT2D eigenvalue weighted by atomic mass is 32.2. The number of aryl methyl sites for hydroxylation is 2. The van der Waals surface area contributed by atoms with E-state index in [9.17, 15) is 0 Å². The first-order valence-corrected chi connectivity index (χ1v) is 7.86. The minimum absolute atomic E-state index is 0.854. The van der Waals surface area contributed by atoms with Crippen molar-refractivity contribution in [2.45, 2.75) is 38.0 Å². The van der Waals surface area contributed by atoms with Gasteiger partial charge in [0.2, 0.25) is 0 Å². The number of hydrogen-bond donors (Lipinski definition) is 1. The lowest BCUT2D eigenvalue weighted by Gasteiger charge is -2.12. The maximum absolute atomic E-state index is 4.66. The predicted molar refractivity (Wildman–Crippen MR) is 86.4 cm³/mol. The lowest BCUT2D eigenvalue weighted by atomic mass is 10.1. The number of nitrogens with zero attached hydrogens (tertiary/aromatic N) is 2. The van der Waals surface area contributed by atoms with Crippen LogP contribution >= 0.6 is 11.8 Å². The SMILES string of the molecule is CCc1nc(NC)c(C)c(SCc2ccccc2C)n1. The van der Waals surface area contributed by atoms with Crippen molar-refractivity contribution in [2.75, 3.05) is 12.4 Å². The van der Waals surface area contributed by atoms with E-state index >= 15 is 0 Å². The molecule has 0 saturated heterocycles. The molecule has 0 fully saturated rings. The molecular formula is C16H21N3S. The van der Waals surface area contributed by atoms with Crippen LogP contribution in [-0.2, 0) is 12.2 Å². The highest BCUT2D eigenvalue weighted by Crippen LogP contribution is 2.28. The van der Waals surface area contributed by atoms with Gasteiger partial charge in [-0.05, 0) is 25.0 Å². The average molecular weight is 287 g/mol. The van der Waals surface area contributed by atoms with Crippen molar-refractivity contribution < 1.29 is 0 Å². The number of aromatic nitrogens is 2. The largest absolute Gasteiger partial charge is 0.373 e. The van der Waals surface area contributed by atoms with Crippen molar-refractivity contribution in [2.24, 2.45) is 0 Å². The van der Waals surface area contributed by atoms with Gasteiger partial charge in [0.1, 0.15) is 16.7 Å². The van der Waals surface area contributed by atoms with Crippen molar-refractivity contribution in [1.29, 1.82) is 0 Å². The Labute approximate surface area is 125 Å². The fourth-order valence-electron chi connectivity index (χ4n) is 2.00. The molecule has 20 heavy (non-hydrogen) atoms. The zero-order valence-electron chi connectivity index (χ0n) is 12.5. The number of thioether (sulfide) groups is 1. The molecule has 1 heterocycles. The van der Waals surface area contributed by atoms with Crippen LogP contribution in [0.15, 0.2) is 29.3 Å². The summed E-state index contributed by atoms with van der Waals surface area (Å²) in [5.74, 6) is 2.77. The molecule has 0 spiro atoms. The van der Waals surface area contributed by atoms with Gasteiger partial charge in [-0.25, -0.2) is 9.97 Å². The summed E-state index contributed by atoms with van der Waals surface area (Å²) >= 11 is 1.78. The first-order chi connectivity index (χ1) is 9.65. The summed E-state index contributed by atoms with van der Waals surface area (Å²) < 4.78 is 0.